The first-order valence-electron chi connectivity index (χ1n) is 7.96. The summed E-state index contributed by atoms with van der Waals surface area (Å²) in [6.07, 6.45) is 6.61. The van der Waals surface area contributed by atoms with E-state index in [1.165, 1.54) is 22.7 Å². The molecule has 0 bridgehead atoms. The van der Waals surface area contributed by atoms with Crippen LogP contribution in [0.3, 0.4) is 0 Å². The molecule has 24 heavy (non-hydrogen) atoms. The molecule has 0 unspecified atom stereocenters. The normalized spacial score (nSPS) is 14.4. The number of fused-ring (bicyclic) bond motifs is 2. The van der Waals surface area contributed by atoms with Crippen molar-refractivity contribution < 1.29 is 4.39 Å². The van der Waals surface area contributed by atoms with E-state index >= 15 is 0 Å². The standard InChI is InChI=1S/C18H16FN3O2/c19-14-7-3-1-5-11(14)9-10-13-16-20-15-8-4-2-6-12(15)18(24)22(16)21-17(13)23/h1,3,5,7,9-10,20H,2,4,6,8H2,(H,21,23). The van der Waals surface area contributed by atoms with Gasteiger partial charge in [0.25, 0.3) is 11.1 Å². The van der Waals surface area contributed by atoms with Gasteiger partial charge >= 0.3 is 0 Å². The van der Waals surface area contributed by atoms with Crippen LogP contribution < -0.4 is 11.1 Å². The summed E-state index contributed by atoms with van der Waals surface area (Å²) in [6, 6.07) is 6.32. The van der Waals surface area contributed by atoms with E-state index in [1.807, 2.05) is 0 Å². The number of aromatic nitrogens is 3. The van der Waals surface area contributed by atoms with Crippen molar-refractivity contribution in [1.82, 2.24) is 14.6 Å². The Bertz CT molecular complexity index is 1070. The Hall–Kier alpha value is -2.89. The molecule has 0 aliphatic heterocycles. The third kappa shape index (κ3) is 2.31. The van der Waals surface area contributed by atoms with E-state index in [0.717, 1.165) is 36.9 Å². The highest BCUT2D eigenvalue weighted by molar-refractivity contribution is 5.76. The maximum absolute atomic E-state index is 13.7. The monoisotopic (exact) mass is 325 g/mol. The maximum atomic E-state index is 13.7. The molecule has 4 rings (SSSR count). The first-order valence-corrected chi connectivity index (χ1v) is 7.96. The molecule has 1 aliphatic carbocycles. The summed E-state index contributed by atoms with van der Waals surface area (Å²) in [5.41, 5.74) is 2.22. The summed E-state index contributed by atoms with van der Waals surface area (Å²) in [4.78, 5) is 28.0. The van der Waals surface area contributed by atoms with Crippen molar-refractivity contribution in [1.29, 1.82) is 0 Å². The Kier molecular flexibility index (Phi) is 3.45. The van der Waals surface area contributed by atoms with Gasteiger partial charge in [0.05, 0.1) is 5.56 Å². The van der Waals surface area contributed by atoms with Crippen LogP contribution in [0.25, 0.3) is 17.8 Å². The van der Waals surface area contributed by atoms with Gasteiger partial charge in [-0.1, -0.05) is 24.3 Å². The summed E-state index contributed by atoms with van der Waals surface area (Å²) in [7, 11) is 0. The smallest absolute Gasteiger partial charge is 0.276 e. The average molecular weight is 325 g/mol. The van der Waals surface area contributed by atoms with Gasteiger partial charge in [-0.2, -0.15) is 4.52 Å². The Labute approximate surface area is 136 Å². The Morgan fingerprint density at radius 3 is 2.71 bits per heavy atom. The van der Waals surface area contributed by atoms with Crippen LogP contribution in [0.1, 0.15) is 35.2 Å². The number of rotatable bonds is 2. The summed E-state index contributed by atoms with van der Waals surface area (Å²) < 4.78 is 15.0. The molecule has 0 spiro atoms. The fraction of sp³-hybridized carbons (Fsp3) is 0.222. The second-order valence-corrected chi connectivity index (χ2v) is 5.99. The van der Waals surface area contributed by atoms with E-state index in [9.17, 15) is 14.0 Å². The molecule has 0 atom stereocenters. The molecular weight excluding hydrogens is 309 g/mol. The van der Waals surface area contributed by atoms with Gasteiger partial charge in [-0.3, -0.25) is 14.7 Å². The third-order valence-corrected chi connectivity index (χ3v) is 4.47. The topological polar surface area (TPSA) is 70.1 Å². The number of nitrogens with zero attached hydrogens (tertiary/aromatic N) is 1. The van der Waals surface area contributed by atoms with Crippen LogP contribution in [-0.2, 0) is 12.8 Å². The minimum absolute atomic E-state index is 0.180. The van der Waals surface area contributed by atoms with Gasteiger partial charge in [-0.15, -0.1) is 0 Å². The highest BCUT2D eigenvalue weighted by atomic mass is 19.1. The fourth-order valence-corrected chi connectivity index (χ4v) is 3.22. The lowest BCUT2D eigenvalue weighted by Gasteiger charge is -2.14. The van der Waals surface area contributed by atoms with E-state index in [1.54, 1.807) is 18.2 Å². The van der Waals surface area contributed by atoms with E-state index < -0.39 is 0 Å². The van der Waals surface area contributed by atoms with Crippen molar-refractivity contribution >= 4 is 17.8 Å². The maximum Gasteiger partial charge on any atom is 0.276 e. The minimum Gasteiger partial charge on any atom is -0.343 e. The van der Waals surface area contributed by atoms with E-state index in [0.29, 0.717) is 16.8 Å². The van der Waals surface area contributed by atoms with Crippen LogP contribution in [-0.4, -0.2) is 14.6 Å². The predicted molar refractivity (Wildman–Crippen MR) is 90.6 cm³/mol. The van der Waals surface area contributed by atoms with Gasteiger partial charge < -0.3 is 4.98 Å². The first kappa shape index (κ1) is 14.7. The number of hydrogen-bond donors (Lipinski definition) is 2. The lowest BCUT2D eigenvalue weighted by Crippen LogP contribution is -2.25. The highest BCUT2D eigenvalue weighted by Crippen LogP contribution is 2.18. The number of benzene rings is 1. The molecular formula is C18H16FN3O2. The van der Waals surface area contributed by atoms with Crippen LogP contribution in [0.5, 0.6) is 0 Å². The SMILES string of the molecule is O=c1[nH]n2c(=O)c3c([nH]c2c1C=Cc1ccccc1F)CCCC3. The zero-order valence-corrected chi connectivity index (χ0v) is 12.9. The summed E-state index contributed by atoms with van der Waals surface area (Å²) in [5, 5.41) is 2.57. The lowest BCUT2D eigenvalue weighted by atomic mass is 9.97. The predicted octanol–water partition coefficient (Wildman–Crippen LogP) is 2.50. The molecule has 0 saturated carbocycles. The highest BCUT2D eigenvalue weighted by Gasteiger charge is 2.18. The number of aromatic amines is 2. The molecule has 0 radical (unpaired) electrons. The van der Waals surface area contributed by atoms with Crippen molar-refractivity contribution in [3.05, 3.63) is 73.2 Å². The van der Waals surface area contributed by atoms with Gasteiger partial charge in [0.1, 0.15) is 11.5 Å². The van der Waals surface area contributed by atoms with Crippen molar-refractivity contribution in [2.45, 2.75) is 25.7 Å². The van der Waals surface area contributed by atoms with Crippen LogP contribution in [0.4, 0.5) is 4.39 Å². The van der Waals surface area contributed by atoms with Gasteiger partial charge in [-0.05, 0) is 37.8 Å². The van der Waals surface area contributed by atoms with Crippen molar-refractivity contribution in [2.75, 3.05) is 0 Å². The molecule has 2 N–H and O–H groups in total. The summed E-state index contributed by atoms with van der Waals surface area (Å²) in [5.74, 6) is -0.362. The van der Waals surface area contributed by atoms with Gasteiger partial charge in [0, 0.05) is 16.8 Å². The largest absolute Gasteiger partial charge is 0.343 e. The Morgan fingerprint density at radius 1 is 1.08 bits per heavy atom. The lowest BCUT2D eigenvalue weighted by molar-refractivity contribution is 0.625. The quantitative estimate of drug-likeness (QED) is 0.760. The molecule has 1 aromatic carbocycles. The first-order chi connectivity index (χ1) is 11.6. The molecule has 2 aromatic heterocycles. The summed E-state index contributed by atoms with van der Waals surface area (Å²) in [6.45, 7) is 0. The number of hydrogen-bond acceptors (Lipinski definition) is 2. The molecule has 3 aromatic rings. The molecule has 5 nitrogen and oxygen atoms in total. The summed E-state index contributed by atoms with van der Waals surface area (Å²) >= 11 is 0. The van der Waals surface area contributed by atoms with Crippen LogP contribution in [0.15, 0.2) is 33.9 Å². The van der Waals surface area contributed by atoms with E-state index in [-0.39, 0.29) is 16.9 Å². The molecule has 2 heterocycles. The van der Waals surface area contributed by atoms with Gasteiger partial charge in [0.15, 0.2) is 0 Å². The van der Waals surface area contributed by atoms with Crippen LogP contribution >= 0.6 is 0 Å². The van der Waals surface area contributed by atoms with Gasteiger partial charge in [0.2, 0.25) is 0 Å². The third-order valence-electron chi connectivity index (χ3n) is 4.47. The number of nitrogens with one attached hydrogen (secondary N) is 2. The van der Waals surface area contributed by atoms with E-state index in [2.05, 4.69) is 10.1 Å². The zero-order chi connectivity index (χ0) is 16.7. The van der Waals surface area contributed by atoms with Crippen LogP contribution in [0.2, 0.25) is 0 Å². The number of halogens is 1. The minimum atomic E-state index is -0.377. The number of H-pyrrole nitrogens is 2. The van der Waals surface area contributed by atoms with Crippen LogP contribution in [0, 0.1) is 5.82 Å². The fourth-order valence-electron chi connectivity index (χ4n) is 3.22. The number of aryl methyl sites for hydroxylation is 1. The molecule has 0 saturated heterocycles. The zero-order valence-electron chi connectivity index (χ0n) is 12.9. The van der Waals surface area contributed by atoms with Crippen molar-refractivity contribution in [3.63, 3.8) is 0 Å². The second-order valence-electron chi connectivity index (χ2n) is 5.99. The van der Waals surface area contributed by atoms with Crippen molar-refractivity contribution in [3.8, 4) is 0 Å². The second kappa shape index (κ2) is 5.63. The molecule has 6 heteroatoms. The molecule has 122 valence electrons. The van der Waals surface area contributed by atoms with Crippen molar-refractivity contribution in [2.24, 2.45) is 0 Å². The van der Waals surface area contributed by atoms with Gasteiger partial charge in [-0.25, -0.2) is 4.39 Å². The van der Waals surface area contributed by atoms with E-state index in [4.69, 9.17) is 0 Å². The Balaban J connectivity index is 1.89. The molecule has 0 fully saturated rings. The molecule has 1 aliphatic rings. The Morgan fingerprint density at radius 2 is 1.88 bits per heavy atom. The average Bonchev–Trinajstić information content (AvgIpc) is 2.90. The molecule has 0 amide bonds.